The zero-order chi connectivity index (χ0) is 12.1. The standard InChI is InChI=1S/C17H26O/c18-13-6-9-15-12(10-13)5-8-16-14-3-1-2-11(14)4-7-17(15)16/h11-12,14-17H,1-10H2/t11?,12-,14?,15?,16?,17?/m0/s1. The van der Waals surface area contributed by atoms with Gasteiger partial charge in [0.15, 0.2) is 0 Å². The van der Waals surface area contributed by atoms with E-state index in [1.165, 1.54) is 51.4 Å². The van der Waals surface area contributed by atoms with Crippen LogP contribution in [0.15, 0.2) is 0 Å². The van der Waals surface area contributed by atoms with Crippen molar-refractivity contribution < 1.29 is 4.79 Å². The van der Waals surface area contributed by atoms with E-state index in [-0.39, 0.29) is 0 Å². The number of rotatable bonds is 0. The van der Waals surface area contributed by atoms with Crippen LogP contribution < -0.4 is 0 Å². The Morgan fingerprint density at radius 2 is 1.39 bits per heavy atom. The fourth-order valence-electron chi connectivity index (χ4n) is 6.28. The first-order chi connectivity index (χ1) is 8.83. The molecule has 0 amide bonds. The van der Waals surface area contributed by atoms with Gasteiger partial charge in [-0.2, -0.15) is 0 Å². The van der Waals surface area contributed by atoms with Crippen molar-refractivity contribution in [1.29, 1.82) is 0 Å². The third kappa shape index (κ3) is 1.69. The van der Waals surface area contributed by atoms with E-state index in [0.717, 1.165) is 48.3 Å². The van der Waals surface area contributed by atoms with E-state index < -0.39 is 0 Å². The third-order valence-corrected chi connectivity index (χ3v) is 6.96. The maximum Gasteiger partial charge on any atom is 0.133 e. The quantitative estimate of drug-likeness (QED) is 0.626. The molecule has 4 rings (SSSR count). The third-order valence-electron chi connectivity index (χ3n) is 6.96. The van der Waals surface area contributed by atoms with E-state index in [1.807, 2.05) is 0 Å². The van der Waals surface area contributed by atoms with Crippen molar-refractivity contribution in [2.24, 2.45) is 35.5 Å². The molecule has 1 heteroatoms. The van der Waals surface area contributed by atoms with E-state index in [0.29, 0.717) is 5.78 Å². The van der Waals surface area contributed by atoms with Crippen LogP contribution in [0.4, 0.5) is 0 Å². The molecule has 0 aromatic heterocycles. The Morgan fingerprint density at radius 1 is 0.667 bits per heavy atom. The molecule has 0 spiro atoms. The molecule has 4 aliphatic rings. The van der Waals surface area contributed by atoms with Gasteiger partial charge in [-0.05, 0) is 74.0 Å². The molecule has 0 heterocycles. The van der Waals surface area contributed by atoms with Crippen LogP contribution >= 0.6 is 0 Å². The largest absolute Gasteiger partial charge is 0.300 e. The number of hydrogen-bond donors (Lipinski definition) is 0. The molecular weight excluding hydrogens is 220 g/mol. The van der Waals surface area contributed by atoms with Crippen LogP contribution in [-0.4, -0.2) is 5.78 Å². The fraction of sp³-hybridized carbons (Fsp3) is 0.941. The van der Waals surface area contributed by atoms with Gasteiger partial charge in [-0.25, -0.2) is 0 Å². The normalized spacial score (nSPS) is 51.4. The fourth-order valence-corrected chi connectivity index (χ4v) is 6.28. The second-order valence-corrected chi connectivity index (χ2v) is 7.54. The monoisotopic (exact) mass is 246 g/mol. The lowest BCUT2D eigenvalue weighted by atomic mass is 9.54. The summed E-state index contributed by atoms with van der Waals surface area (Å²) in [7, 11) is 0. The molecule has 4 aliphatic carbocycles. The van der Waals surface area contributed by atoms with Crippen molar-refractivity contribution in [2.45, 2.75) is 64.2 Å². The van der Waals surface area contributed by atoms with Crippen molar-refractivity contribution >= 4 is 5.78 Å². The zero-order valence-corrected chi connectivity index (χ0v) is 11.4. The second-order valence-electron chi connectivity index (χ2n) is 7.54. The van der Waals surface area contributed by atoms with E-state index >= 15 is 0 Å². The Hall–Kier alpha value is -0.330. The number of ketones is 1. The minimum atomic E-state index is 0.559. The molecule has 5 unspecified atom stereocenters. The van der Waals surface area contributed by atoms with Crippen molar-refractivity contribution in [1.82, 2.24) is 0 Å². The SMILES string of the molecule is O=C1CCC2C3CCC4CCCC4C3CC[C@H]2C1. The average molecular weight is 246 g/mol. The molecule has 4 fully saturated rings. The topological polar surface area (TPSA) is 17.1 Å². The van der Waals surface area contributed by atoms with Crippen molar-refractivity contribution in [3.63, 3.8) is 0 Å². The molecular formula is C17H26O. The molecule has 0 saturated heterocycles. The Bertz CT molecular complexity index is 348. The highest BCUT2D eigenvalue weighted by Gasteiger charge is 2.49. The van der Waals surface area contributed by atoms with Gasteiger partial charge in [-0.15, -0.1) is 0 Å². The number of Topliss-reactive ketones (excluding diaryl/α,β-unsaturated/α-hetero) is 1. The number of carbonyl (C=O) groups is 1. The molecule has 0 aromatic rings. The first-order valence-corrected chi connectivity index (χ1v) is 8.34. The molecule has 18 heavy (non-hydrogen) atoms. The molecule has 4 saturated carbocycles. The molecule has 6 atom stereocenters. The number of fused-ring (bicyclic) bond motifs is 5. The Kier molecular flexibility index (Phi) is 2.78. The first kappa shape index (κ1) is 11.5. The Morgan fingerprint density at radius 3 is 2.22 bits per heavy atom. The molecule has 0 aliphatic heterocycles. The Balaban J connectivity index is 1.55. The van der Waals surface area contributed by atoms with E-state index in [1.54, 1.807) is 0 Å². The van der Waals surface area contributed by atoms with Crippen molar-refractivity contribution in [3.8, 4) is 0 Å². The Labute approximate surface area is 111 Å². The number of carbonyl (C=O) groups excluding carboxylic acids is 1. The summed E-state index contributed by atoms with van der Waals surface area (Å²) in [6.45, 7) is 0. The van der Waals surface area contributed by atoms with Gasteiger partial charge in [-0.1, -0.05) is 12.8 Å². The minimum absolute atomic E-state index is 0.559. The highest BCUT2D eigenvalue weighted by atomic mass is 16.1. The van der Waals surface area contributed by atoms with Crippen LogP contribution in [0.1, 0.15) is 64.2 Å². The smallest absolute Gasteiger partial charge is 0.133 e. The second kappa shape index (κ2) is 4.35. The molecule has 0 N–H and O–H groups in total. The van der Waals surface area contributed by atoms with E-state index in [4.69, 9.17) is 0 Å². The highest BCUT2D eigenvalue weighted by Crippen LogP contribution is 2.57. The van der Waals surface area contributed by atoms with Gasteiger partial charge < -0.3 is 0 Å². The summed E-state index contributed by atoms with van der Waals surface area (Å²) in [5.74, 6) is 6.52. The number of hydrogen-bond acceptors (Lipinski definition) is 1. The van der Waals surface area contributed by atoms with Crippen LogP contribution in [0.3, 0.4) is 0 Å². The summed E-state index contributed by atoms with van der Waals surface area (Å²) < 4.78 is 0. The van der Waals surface area contributed by atoms with Gasteiger partial charge in [0, 0.05) is 12.8 Å². The minimum Gasteiger partial charge on any atom is -0.300 e. The van der Waals surface area contributed by atoms with Gasteiger partial charge in [0.2, 0.25) is 0 Å². The lowest BCUT2D eigenvalue weighted by Crippen LogP contribution is -2.44. The van der Waals surface area contributed by atoms with Crippen LogP contribution in [0, 0.1) is 35.5 Å². The predicted molar refractivity (Wildman–Crippen MR) is 72.1 cm³/mol. The van der Waals surface area contributed by atoms with E-state index in [9.17, 15) is 4.79 Å². The molecule has 0 aromatic carbocycles. The van der Waals surface area contributed by atoms with Crippen LogP contribution in [0.2, 0.25) is 0 Å². The summed E-state index contributed by atoms with van der Waals surface area (Å²) in [6, 6.07) is 0. The summed E-state index contributed by atoms with van der Waals surface area (Å²) in [5.41, 5.74) is 0. The summed E-state index contributed by atoms with van der Waals surface area (Å²) in [5, 5.41) is 0. The predicted octanol–water partition coefficient (Wildman–Crippen LogP) is 4.21. The van der Waals surface area contributed by atoms with Gasteiger partial charge in [0.25, 0.3) is 0 Å². The van der Waals surface area contributed by atoms with Gasteiger partial charge in [0.1, 0.15) is 5.78 Å². The van der Waals surface area contributed by atoms with Crippen molar-refractivity contribution in [2.75, 3.05) is 0 Å². The molecule has 0 radical (unpaired) electrons. The maximum atomic E-state index is 11.7. The average Bonchev–Trinajstić information content (AvgIpc) is 2.86. The molecule has 100 valence electrons. The van der Waals surface area contributed by atoms with Crippen molar-refractivity contribution in [3.05, 3.63) is 0 Å². The highest BCUT2D eigenvalue weighted by molar-refractivity contribution is 5.79. The summed E-state index contributed by atoms with van der Waals surface area (Å²) in [6.07, 6.45) is 13.5. The van der Waals surface area contributed by atoms with Gasteiger partial charge >= 0.3 is 0 Å². The lowest BCUT2D eigenvalue weighted by Gasteiger charge is -2.51. The summed E-state index contributed by atoms with van der Waals surface area (Å²) >= 11 is 0. The van der Waals surface area contributed by atoms with Gasteiger partial charge in [-0.3, -0.25) is 4.79 Å². The first-order valence-electron chi connectivity index (χ1n) is 8.34. The van der Waals surface area contributed by atoms with Crippen LogP contribution in [0.25, 0.3) is 0 Å². The maximum absolute atomic E-state index is 11.7. The van der Waals surface area contributed by atoms with Gasteiger partial charge in [0.05, 0.1) is 0 Å². The zero-order valence-electron chi connectivity index (χ0n) is 11.4. The molecule has 0 bridgehead atoms. The lowest BCUT2D eigenvalue weighted by molar-refractivity contribution is -0.126. The molecule has 1 nitrogen and oxygen atoms in total. The van der Waals surface area contributed by atoms with Crippen LogP contribution in [0.5, 0.6) is 0 Å². The van der Waals surface area contributed by atoms with E-state index in [2.05, 4.69) is 0 Å². The van der Waals surface area contributed by atoms with Crippen LogP contribution in [-0.2, 0) is 4.79 Å². The summed E-state index contributed by atoms with van der Waals surface area (Å²) in [4.78, 5) is 11.7.